The number of hydrogen-bond donors (Lipinski definition) is 1. The zero-order valence-electron chi connectivity index (χ0n) is 10.9. The van der Waals surface area contributed by atoms with Crippen LogP contribution in [0.4, 0.5) is 13.2 Å². The molecule has 0 aromatic carbocycles. The summed E-state index contributed by atoms with van der Waals surface area (Å²) in [5, 5.41) is 0. The lowest BCUT2D eigenvalue weighted by Crippen LogP contribution is -2.54. The Morgan fingerprint density at radius 3 is 2.21 bits per heavy atom. The molecule has 1 aliphatic rings. The zero-order valence-corrected chi connectivity index (χ0v) is 11.8. The molecule has 0 aromatic heterocycles. The third-order valence-corrected chi connectivity index (χ3v) is 3.00. The average molecular weight is 304 g/mol. The van der Waals surface area contributed by atoms with Crippen LogP contribution >= 0.6 is 12.4 Å². The van der Waals surface area contributed by atoms with Crippen LogP contribution in [-0.4, -0.2) is 60.6 Å². The fourth-order valence-corrected chi connectivity index (χ4v) is 2.05. The Bertz CT molecular complexity index is 281. The Labute approximate surface area is 117 Å². The second-order valence-electron chi connectivity index (χ2n) is 4.61. The van der Waals surface area contributed by atoms with Crippen molar-refractivity contribution < 1.29 is 18.0 Å². The van der Waals surface area contributed by atoms with Crippen LogP contribution in [0.2, 0.25) is 0 Å². The van der Waals surface area contributed by atoms with Crippen LogP contribution in [-0.2, 0) is 4.79 Å². The molecule has 1 saturated heterocycles. The van der Waals surface area contributed by atoms with E-state index in [2.05, 4.69) is 0 Å². The first-order valence-electron chi connectivity index (χ1n) is 6.17. The number of amides is 1. The topological polar surface area (TPSA) is 49.6 Å². The quantitative estimate of drug-likeness (QED) is 0.850. The highest BCUT2D eigenvalue weighted by Crippen LogP contribution is 2.17. The van der Waals surface area contributed by atoms with Crippen LogP contribution in [0, 0.1) is 0 Å². The number of nitrogens with two attached hydrogens (primary N) is 1. The number of halogens is 4. The van der Waals surface area contributed by atoms with E-state index in [1.165, 1.54) is 4.90 Å². The van der Waals surface area contributed by atoms with Gasteiger partial charge in [-0.25, -0.2) is 0 Å². The second kappa shape index (κ2) is 7.91. The molecule has 0 saturated carbocycles. The van der Waals surface area contributed by atoms with Crippen molar-refractivity contribution in [3.05, 3.63) is 0 Å². The Morgan fingerprint density at radius 2 is 1.79 bits per heavy atom. The summed E-state index contributed by atoms with van der Waals surface area (Å²) >= 11 is 0. The van der Waals surface area contributed by atoms with Gasteiger partial charge in [-0.2, -0.15) is 13.2 Å². The minimum absolute atomic E-state index is 0. The second-order valence-corrected chi connectivity index (χ2v) is 4.61. The first kappa shape index (κ1) is 18.5. The van der Waals surface area contributed by atoms with Crippen LogP contribution in [0.25, 0.3) is 0 Å². The minimum atomic E-state index is -4.18. The zero-order chi connectivity index (χ0) is 13.8. The largest absolute Gasteiger partial charge is 0.401 e. The molecular weight excluding hydrogens is 283 g/mol. The van der Waals surface area contributed by atoms with Gasteiger partial charge < -0.3 is 10.6 Å². The molecule has 114 valence electrons. The van der Waals surface area contributed by atoms with E-state index in [0.29, 0.717) is 19.5 Å². The molecule has 1 heterocycles. The van der Waals surface area contributed by atoms with Crippen molar-refractivity contribution in [1.29, 1.82) is 0 Å². The number of piperazine rings is 1. The smallest absolute Gasteiger partial charge is 0.339 e. The van der Waals surface area contributed by atoms with Gasteiger partial charge in [-0.3, -0.25) is 9.69 Å². The predicted octanol–water partition coefficient (Wildman–Crippen LogP) is 1.24. The summed E-state index contributed by atoms with van der Waals surface area (Å²) < 4.78 is 36.5. The summed E-state index contributed by atoms with van der Waals surface area (Å²) in [4.78, 5) is 14.7. The van der Waals surface area contributed by atoms with Crippen molar-refractivity contribution >= 4 is 18.3 Å². The number of carbonyl (C=O) groups is 1. The van der Waals surface area contributed by atoms with Crippen LogP contribution in [0.3, 0.4) is 0 Å². The van der Waals surface area contributed by atoms with Crippen LogP contribution in [0.1, 0.15) is 19.8 Å². The van der Waals surface area contributed by atoms with Gasteiger partial charge in [-0.1, -0.05) is 13.3 Å². The predicted molar refractivity (Wildman–Crippen MR) is 69.2 cm³/mol. The third kappa shape index (κ3) is 6.44. The lowest BCUT2D eigenvalue weighted by Gasteiger charge is -2.36. The minimum Gasteiger partial charge on any atom is -0.339 e. The highest BCUT2D eigenvalue weighted by atomic mass is 35.5. The number of alkyl halides is 3. The molecule has 0 aliphatic carbocycles. The summed E-state index contributed by atoms with van der Waals surface area (Å²) in [6.45, 7) is 2.19. The molecule has 1 aliphatic heterocycles. The first-order chi connectivity index (χ1) is 8.33. The van der Waals surface area contributed by atoms with E-state index in [9.17, 15) is 18.0 Å². The van der Waals surface area contributed by atoms with Crippen LogP contribution in [0.15, 0.2) is 0 Å². The van der Waals surface area contributed by atoms with E-state index < -0.39 is 18.8 Å². The van der Waals surface area contributed by atoms with Gasteiger partial charge in [0.25, 0.3) is 0 Å². The van der Waals surface area contributed by atoms with Crippen molar-refractivity contribution in [1.82, 2.24) is 9.80 Å². The molecule has 1 rings (SSSR count). The fraction of sp³-hybridized carbons (Fsp3) is 0.909. The Balaban J connectivity index is 0.00000324. The summed E-state index contributed by atoms with van der Waals surface area (Å²) in [5.74, 6) is -0.150. The Kier molecular flexibility index (Phi) is 7.69. The molecular formula is C11H21ClF3N3O. The average Bonchev–Trinajstić information content (AvgIpc) is 2.27. The van der Waals surface area contributed by atoms with Crippen molar-refractivity contribution in [3.63, 3.8) is 0 Å². The number of hydrogen-bond acceptors (Lipinski definition) is 3. The third-order valence-electron chi connectivity index (χ3n) is 3.00. The van der Waals surface area contributed by atoms with E-state index >= 15 is 0 Å². The van der Waals surface area contributed by atoms with Crippen molar-refractivity contribution in [2.45, 2.75) is 32.0 Å². The molecule has 1 amide bonds. The molecule has 1 fully saturated rings. The Morgan fingerprint density at radius 1 is 1.26 bits per heavy atom. The van der Waals surface area contributed by atoms with E-state index in [4.69, 9.17) is 5.73 Å². The van der Waals surface area contributed by atoms with Gasteiger partial charge in [0.2, 0.25) is 5.91 Å². The lowest BCUT2D eigenvalue weighted by molar-refractivity contribution is -0.152. The van der Waals surface area contributed by atoms with Crippen molar-refractivity contribution in [2.75, 3.05) is 32.7 Å². The SMILES string of the molecule is CCCC(N)C(=O)N1CCN(CC(F)(F)F)CC1.Cl. The van der Waals surface area contributed by atoms with Gasteiger partial charge in [-0.15, -0.1) is 12.4 Å². The number of carbonyl (C=O) groups excluding carboxylic acids is 1. The molecule has 0 aromatic rings. The summed E-state index contributed by atoms with van der Waals surface area (Å²) in [6, 6.07) is -0.524. The molecule has 8 heteroatoms. The van der Waals surface area contributed by atoms with E-state index in [1.54, 1.807) is 4.90 Å². The highest BCUT2D eigenvalue weighted by molar-refractivity contribution is 5.85. The standard InChI is InChI=1S/C11H20F3N3O.ClH/c1-2-3-9(15)10(18)17-6-4-16(5-7-17)8-11(12,13)14;/h9H,2-8,15H2,1H3;1H. The van der Waals surface area contributed by atoms with E-state index in [0.717, 1.165) is 6.42 Å². The molecule has 0 spiro atoms. The van der Waals surface area contributed by atoms with Crippen LogP contribution in [0.5, 0.6) is 0 Å². The van der Waals surface area contributed by atoms with Crippen LogP contribution < -0.4 is 5.73 Å². The molecule has 1 atom stereocenters. The van der Waals surface area contributed by atoms with Gasteiger partial charge in [0.15, 0.2) is 0 Å². The summed E-state index contributed by atoms with van der Waals surface area (Å²) in [5.41, 5.74) is 5.71. The first-order valence-corrected chi connectivity index (χ1v) is 6.17. The van der Waals surface area contributed by atoms with Gasteiger partial charge in [0.05, 0.1) is 12.6 Å². The fourth-order valence-electron chi connectivity index (χ4n) is 2.05. The van der Waals surface area contributed by atoms with Gasteiger partial charge in [0.1, 0.15) is 0 Å². The molecule has 2 N–H and O–H groups in total. The summed E-state index contributed by atoms with van der Waals surface area (Å²) in [7, 11) is 0. The molecule has 0 radical (unpaired) electrons. The molecule has 1 unspecified atom stereocenters. The van der Waals surface area contributed by atoms with Gasteiger partial charge in [0, 0.05) is 26.2 Å². The monoisotopic (exact) mass is 303 g/mol. The normalized spacial score (nSPS) is 18.9. The lowest BCUT2D eigenvalue weighted by atomic mass is 10.1. The maximum Gasteiger partial charge on any atom is 0.401 e. The maximum atomic E-state index is 12.2. The maximum absolute atomic E-state index is 12.2. The highest BCUT2D eigenvalue weighted by Gasteiger charge is 2.33. The Hall–Kier alpha value is -0.530. The number of nitrogens with zero attached hydrogens (tertiary/aromatic N) is 2. The van der Waals surface area contributed by atoms with E-state index in [1.807, 2.05) is 6.92 Å². The molecule has 19 heavy (non-hydrogen) atoms. The van der Waals surface area contributed by atoms with Crippen molar-refractivity contribution in [2.24, 2.45) is 5.73 Å². The van der Waals surface area contributed by atoms with Gasteiger partial charge in [-0.05, 0) is 6.42 Å². The summed E-state index contributed by atoms with van der Waals surface area (Å²) in [6.07, 6.45) is -2.74. The number of rotatable bonds is 4. The molecule has 4 nitrogen and oxygen atoms in total. The van der Waals surface area contributed by atoms with E-state index in [-0.39, 0.29) is 31.4 Å². The molecule has 0 bridgehead atoms. The van der Waals surface area contributed by atoms with Gasteiger partial charge >= 0.3 is 6.18 Å². The van der Waals surface area contributed by atoms with Crippen molar-refractivity contribution in [3.8, 4) is 0 Å².